The third kappa shape index (κ3) is 2.91. The lowest BCUT2D eigenvalue weighted by Crippen LogP contribution is -2.52. The average Bonchev–Trinajstić information content (AvgIpc) is 2.98. The van der Waals surface area contributed by atoms with E-state index in [2.05, 4.69) is 10.4 Å². The molecular formula is C16H21N5O2. The topological polar surface area (TPSA) is 68.6 Å². The minimum absolute atomic E-state index is 0.159. The highest BCUT2D eigenvalue weighted by molar-refractivity contribution is 5.80. The molecule has 2 atom stereocenters. The van der Waals surface area contributed by atoms with Crippen LogP contribution in [0.5, 0.6) is 0 Å². The molecule has 0 radical (unpaired) electrons. The van der Waals surface area contributed by atoms with Crippen LogP contribution in [-0.4, -0.2) is 41.0 Å². The van der Waals surface area contributed by atoms with Crippen LogP contribution in [0, 0.1) is 6.92 Å². The van der Waals surface area contributed by atoms with Crippen LogP contribution >= 0.6 is 0 Å². The Morgan fingerprint density at radius 1 is 1.30 bits per heavy atom. The smallest absolute Gasteiger partial charge is 0.320 e. The molecular weight excluding hydrogens is 294 g/mol. The largest absolute Gasteiger partial charge is 0.344 e. The summed E-state index contributed by atoms with van der Waals surface area (Å²) in [6.07, 6.45) is 2.95. The average molecular weight is 315 g/mol. The molecule has 7 nitrogen and oxygen atoms in total. The van der Waals surface area contributed by atoms with Gasteiger partial charge in [0.25, 0.3) is 0 Å². The van der Waals surface area contributed by atoms with Crippen molar-refractivity contribution in [1.29, 1.82) is 0 Å². The van der Waals surface area contributed by atoms with Gasteiger partial charge in [-0.3, -0.25) is 4.79 Å². The van der Waals surface area contributed by atoms with Crippen molar-refractivity contribution in [3.8, 4) is 0 Å². The summed E-state index contributed by atoms with van der Waals surface area (Å²) < 4.78 is 0. The van der Waals surface area contributed by atoms with Crippen LogP contribution in [0.25, 0.3) is 0 Å². The maximum atomic E-state index is 12.7. The summed E-state index contributed by atoms with van der Waals surface area (Å²) in [7, 11) is 0. The molecule has 0 aliphatic carbocycles. The fourth-order valence-corrected chi connectivity index (χ4v) is 3.05. The van der Waals surface area contributed by atoms with Gasteiger partial charge >= 0.3 is 6.03 Å². The highest BCUT2D eigenvalue weighted by atomic mass is 16.2. The normalized spacial score (nSPS) is 24.2. The molecule has 0 bridgehead atoms. The van der Waals surface area contributed by atoms with Crippen LogP contribution in [0.1, 0.15) is 31.7 Å². The number of aldehydes is 1. The SMILES string of the molecule is Cc1cccc(N2N=NN(C(=O)N3CCCCC3C)C2C=O)c1. The summed E-state index contributed by atoms with van der Waals surface area (Å²) in [6.45, 7) is 4.69. The maximum absolute atomic E-state index is 12.7. The van der Waals surface area contributed by atoms with Gasteiger partial charge in [0, 0.05) is 12.6 Å². The molecule has 122 valence electrons. The summed E-state index contributed by atoms with van der Waals surface area (Å²) in [5, 5.41) is 10.6. The number of aryl methyl sites for hydroxylation is 1. The first-order chi connectivity index (χ1) is 11.1. The van der Waals surface area contributed by atoms with Gasteiger partial charge in [0.05, 0.1) is 5.69 Å². The van der Waals surface area contributed by atoms with Gasteiger partial charge in [-0.2, -0.15) is 5.01 Å². The molecule has 1 aromatic rings. The Bertz CT molecular complexity index is 633. The van der Waals surface area contributed by atoms with Crippen LogP contribution < -0.4 is 5.01 Å². The molecule has 1 saturated heterocycles. The van der Waals surface area contributed by atoms with E-state index in [9.17, 15) is 9.59 Å². The Morgan fingerprint density at radius 3 is 2.83 bits per heavy atom. The predicted octanol–water partition coefficient (Wildman–Crippen LogP) is 2.92. The predicted molar refractivity (Wildman–Crippen MR) is 85.6 cm³/mol. The molecule has 1 fully saturated rings. The molecule has 2 aliphatic rings. The van der Waals surface area contributed by atoms with Gasteiger partial charge in [-0.1, -0.05) is 12.1 Å². The number of carbonyl (C=O) groups is 2. The number of nitrogens with zero attached hydrogens (tertiary/aromatic N) is 5. The van der Waals surface area contributed by atoms with Crippen LogP contribution in [0.4, 0.5) is 10.5 Å². The number of benzene rings is 1. The van der Waals surface area contributed by atoms with Gasteiger partial charge in [-0.25, -0.2) is 9.80 Å². The van der Waals surface area contributed by atoms with Crippen molar-refractivity contribution in [2.45, 2.75) is 45.3 Å². The van der Waals surface area contributed by atoms with Crippen LogP contribution in [-0.2, 0) is 4.79 Å². The number of likely N-dealkylation sites (tertiary alicyclic amines) is 1. The first kappa shape index (κ1) is 15.5. The zero-order valence-electron chi connectivity index (χ0n) is 13.4. The van der Waals surface area contributed by atoms with E-state index in [1.807, 2.05) is 38.1 Å². The second-order valence-corrected chi connectivity index (χ2v) is 6.08. The number of urea groups is 1. The molecule has 2 unspecified atom stereocenters. The second-order valence-electron chi connectivity index (χ2n) is 6.08. The molecule has 2 aliphatic heterocycles. The molecule has 3 rings (SSSR count). The van der Waals surface area contributed by atoms with E-state index < -0.39 is 6.17 Å². The Hall–Kier alpha value is -2.44. The standard InChI is InChI=1S/C16H21N5O2/c1-12-6-5-8-14(10-12)20-15(11-22)21(18-17-20)16(23)19-9-4-3-7-13(19)2/h5-6,8,10-11,13,15H,3-4,7,9H2,1-2H3. The van der Waals surface area contributed by atoms with Gasteiger partial charge in [0.2, 0.25) is 6.17 Å². The summed E-state index contributed by atoms with van der Waals surface area (Å²) in [6, 6.07) is 7.51. The van der Waals surface area contributed by atoms with E-state index in [0.717, 1.165) is 30.5 Å². The van der Waals surface area contributed by atoms with Crippen molar-refractivity contribution in [2.24, 2.45) is 10.4 Å². The molecule has 0 aromatic heterocycles. The van der Waals surface area contributed by atoms with Crippen molar-refractivity contribution in [1.82, 2.24) is 9.91 Å². The van der Waals surface area contributed by atoms with Gasteiger partial charge in [0.1, 0.15) is 0 Å². The number of anilines is 1. The molecule has 0 spiro atoms. The van der Waals surface area contributed by atoms with Gasteiger partial charge in [0.15, 0.2) is 6.29 Å². The maximum Gasteiger partial charge on any atom is 0.344 e. The molecule has 0 saturated carbocycles. The number of hydrogen-bond donors (Lipinski definition) is 0. The number of carbonyl (C=O) groups excluding carboxylic acids is 2. The van der Waals surface area contributed by atoms with Crippen molar-refractivity contribution < 1.29 is 9.59 Å². The van der Waals surface area contributed by atoms with E-state index >= 15 is 0 Å². The minimum atomic E-state index is -0.835. The van der Waals surface area contributed by atoms with E-state index in [-0.39, 0.29) is 12.1 Å². The monoisotopic (exact) mass is 315 g/mol. The Labute approximate surface area is 135 Å². The van der Waals surface area contributed by atoms with Gasteiger partial charge in [-0.15, -0.1) is 0 Å². The molecule has 7 heteroatoms. The zero-order valence-corrected chi connectivity index (χ0v) is 13.4. The Kier molecular flexibility index (Phi) is 4.27. The third-order valence-corrected chi connectivity index (χ3v) is 4.37. The first-order valence-corrected chi connectivity index (χ1v) is 7.94. The highest BCUT2D eigenvalue weighted by Gasteiger charge is 2.39. The van der Waals surface area contributed by atoms with E-state index in [0.29, 0.717) is 12.8 Å². The van der Waals surface area contributed by atoms with Crippen molar-refractivity contribution >= 4 is 18.0 Å². The van der Waals surface area contributed by atoms with E-state index in [1.165, 1.54) is 10.0 Å². The Balaban J connectivity index is 1.81. The zero-order chi connectivity index (χ0) is 16.4. The summed E-state index contributed by atoms with van der Waals surface area (Å²) >= 11 is 0. The van der Waals surface area contributed by atoms with Crippen molar-refractivity contribution in [3.63, 3.8) is 0 Å². The van der Waals surface area contributed by atoms with Crippen molar-refractivity contribution in [2.75, 3.05) is 11.6 Å². The lowest BCUT2D eigenvalue weighted by Gasteiger charge is -2.35. The third-order valence-electron chi connectivity index (χ3n) is 4.37. The number of piperidine rings is 1. The second kappa shape index (κ2) is 6.36. The summed E-state index contributed by atoms with van der Waals surface area (Å²) in [5.41, 5.74) is 1.80. The molecule has 0 N–H and O–H groups in total. The lowest BCUT2D eigenvalue weighted by atomic mass is 10.0. The molecule has 23 heavy (non-hydrogen) atoms. The van der Waals surface area contributed by atoms with Crippen LogP contribution in [0.15, 0.2) is 34.7 Å². The van der Waals surface area contributed by atoms with Crippen molar-refractivity contribution in [3.05, 3.63) is 29.8 Å². The van der Waals surface area contributed by atoms with Crippen LogP contribution in [0.2, 0.25) is 0 Å². The highest BCUT2D eigenvalue weighted by Crippen LogP contribution is 2.27. The Morgan fingerprint density at radius 2 is 2.13 bits per heavy atom. The minimum Gasteiger partial charge on any atom is -0.320 e. The molecule has 2 heterocycles. The first-order valence-electron chi connectivity index (χ1n) is 7.94. The fraction of sp³-hybridized carbons (Fsp3) is 0.500. The van der Waals surface area contributed by atoms with E-state index in [1.54, 1.807) is 4.90 Å². The number of amides is 2. The molecule has 2 amide bonds. The molecule has 1 aromatic carbocycles. The lowest BCUT2D eigenvalue weighted by molar-refractivity contribution is -0.111. The van der Waals surface area contributed by atoms with Gasteiger partial charge < -0.3 is 4.90 Å². The fourth-order valence-electron chi connectivity index (χ4n) is 3.05. The summed E-state index contributed by atoms with van der Waals surface area (Å²) in [5.74, 6) is 0. The number of rotatable bonds is 2. The van der Waals surface area contributed by atoms with Gasteiger partial charge in [-0.05, 0) is 61.3 Å². The summed E-state index contributed by atoms with van der Waals surface area (Å²) in [4.78, 5) is 26.1. The van der Waals surface area contributed by atoms with Crippen LogP contribution in [0.3, 0.4) is 0 Å². The number of hydrogen-bond acceptors (Lipinski definition) is 5. The van der Waals surface area contributed by atoms with E-state index in [4.69, 9.17) is 0 Å². The quantitative estimate of drug-likeness (QED) is 0.788.